The second kappa shape index (κ2) is 9.83. The fraction of sp³-hybridized carbons (Fsp3) is 0.381. The molecule has 2 aromatic carbocycles. The number of likely N-dealkylation sites (N-methyl/N-ethyl adjacent to an activating group) is 1. The molecular weight excluding hydrogens is 344 g/mol. The van der Waals surface area contributed by atoms with Gasteiger partial charge in [-0.2, -0.15) is 0 Å². The molecule has 0 heterocycles. The molecule has 0 saturated carbocycles. The first kappa shape index (κ1) is 20.6. The number of hydrogen-bond acceptors (Lipinski definition) is 5. The molecule has 0 unspecified atom stereocenters. The van der Waals surface area contributed by atoms with Crippen LogP contribution in [0.5, 0.6) is 17.2 Å². The van der Waals surface area contributed by atoms with Crippen molar-refractivity contribution >= 4 is 11.6 Å². The lowest BCUT2D eigenvalue weighted by Crippen LogP contribution is -2.30. The minimum Gasteiger partial charge on any atom is -0.494 e. The molecule has 0 aliphatic carbocycles. The standard InChI is InChI=1S/C21H28N2O4/c1-6-27-18-9-7-17(8-10-18)22-21(24)14-23(3)13-16-12-20(26-5)19(25-4)11-15(16)2/h7-12H,6,13-14H2,1-5H3,(H,22,24). The second-order valence-corrected chi connectivity index (χ2v) is 6.31. The Kier molecular flexibility index (Phi) is 7.49. The van der Waals surface area contributed by atoms with E-state index >= 15 is 0 Å². The summed E-state index contributed by atoms with van der Waals surface area (Å²) < 4.78 is 16.1. The number of hydrogen-bond donors (Lipinski definition) is 1. The van der Waals surface area contributed by atoms with Crippen LogP contribution < -0.4 is 19.5 Å². The maximum atomic E-state index is 12.3. The number of amides is 1. The number of anilines is 1. The van der Waals surface area contributed by atoms with Crippen LogP contribution in [0, 0.1) is 6.92 Å². The summed E-state index contributed by atoms with van der Waals surface area (Å²) in [4.78, 5) is 14.3. The van der Waals surface area contributed by atoms with E-state index in [1.54, 1.807) is 14.2 Å². The number of nitrogens with one attached hydrogen (secondary N) is 1. The highest BCUT2D eigenvalue weighted by Gasteiger charge is 2.12. The van der Waals surface area contributed by atoms with Crippen LogP contribution in [0.25, 0.3) is 0 Å². The monoisotopic (exact) mass is 372 g/mol. The zero-order valence-corrected chi connectivity index (χ0v) is 16.7. The number of aryl methyl sites for hydroxylation is 1. The smallest absolute Gasteiger partial charge is 0.238 e. The third-order valence-electron chi connectivity index (χ3n) is 4.14. The Morgan fingerprint density at radius 1 is 1.07 bits per heavy atom. The van der Waals surface area contributed by atoms with Crippen molar-refractivity contribution in [3.8, 4) is 17.2 Å². The van der Waals surface area contributed by atoms with E-state index < -0.39 is 0 Å². The van der Waals surface area contributed by atoms with Crippen molar-refractivity contribution in [3.63, 3.8) is 0 Å². The molecule has 27 heavy (non-hydrogen) atoms. The first-order valence-corrected chi connectivity index (χ1v) is 8.89. The van der Waals surface area contributed by atoms with Gasteiger partial charge in [0.25, 0.3) is 0 Å². The molecule has 0 aromatic heterocycles. The molecule has 0 bridgehead atoms. The number of methoxy groups -OCH3 is 2. The van der Waals surface area contributed by atoms with Crippen molar-refractivity contribution in [1.82, 2.24) is 4.90 Å². The Morgan fingerprint density at radius 3 is 2.30 bits per heavy atom. The second-order valence-electron chi connectivity index (χ2n) is 6.31. The van der Waals surface area contributed by atoms with E-state index in [-0.39, 0.29) is 12.5 Å². The molecule has 146 valence electrons. The van der Waals surface area contributed by atoms with Crippen molar-refractivity contribution in [2.75, 3.05) is 39.7 Å². The Hall–Kier alpha value is -2.73. The van der Waals surface area contributed by atoms with E-state index in [1.807, 2.05) is 62.2 Å². The summed E-state index contributed by atoms with van der Waals surface area (Å²) in [5.74, 6) is 2.11. The average Bonchev–Trinajstić information content (AvgIpc) is 2.64. The van der Waals surface area contributed by atoms with Gasteiger partial charge in [-0.25, -0.2) is 0 Å². The van der Waals surface area contributed by atoms with Gasteiger partial charge in [-0.3, -0.25) is 9.69 Å². The molecule has 0 atom stereocenters. The fourth-order valence-corrected chi connectivity index (χ4v) is 2.79. The van der Waals surface area contributed by atoms with Crippen molar-refractivity contribution in [3.05, 3.63) is 47.5 Å². The Balaban J connectivity index is 1.94. The van der Waals surface area contributed by atoms with Crippen molar-refractivity contribution in [2.45, 2.75) is 20.4 Å². The highest BCUT2D eigenvalue weighted by atomic mass is 16.5. The molecule has 0 spiro atoms. The van der Waals surface area contributed by atoms with Gasteiger partial charge in [0.2, 0.25) is 5.91 Å². The van der Waals surface area contributed by atoms with Crippen LogP contribution in [0.2, 0.25) is 0 Å². The summed E-state index contributed by atoms with van der Waals surface area (Å²) in [7, 11) is 5.15. The predicted molar refractivity (Wildman–Crippen MR) is 107 cm³/mol. The number of ether oxygens (including phenoxy) is 3. The highest BCUT2D eigenvalue weighted by Crippen LogP contribution is 2.30. The summed E-state index contributed by atoms with van der Waals surface area (Å²) in [5.41, 5.74) is 2.93. The van der Waals surface area contributed by atoms with Crippen LogP contribution in [-0.4, -0.2) is 45.2 Å². The summed E-state index contributed by atoms with van der Waals surface area (Å²) in [6.45, 7) is 5.48. The van der Waals surface area contributed by atoms with E-state index in [2.05, 4.69) is 5.32 Å². The van der Waals surface area contributed by atoms with Crippen LogP contribution in [0.4, 0.5) is 5.69 Å². The quantitative estimate of drug-likeness (QED) is 0.730. The Labute approximate surface area is 161 Å². The van der Waals surface area contributed by atoms with Gasteiger partial charge in [0.05, 0.1) is 27.4 Å². The Bertz CT molecular complexity index is 760. The van der Waals surface area contributed by atoms with Gasteiger partial charge >= 0.3 is 0 Å². The topological polar surface area (TPSA) is 60.0 Å². The third kappa shape index (κ3) is 5.89. The molecule has 6 heteroatoms. The van der Waals surface area contributed by atoms with Gasteiger partial charge in [-0.1, -0.05) is 0 Å². The van der Waals surface area contributed by atoms with Crippen LogP contribution in [0.1, 0.15) is 18.1 Å². The maximum Gasteiger partial charge on any atom is 0.238 e. The lowest BCUT2D eigenvalue weighted by Gasteiger charge is -2.19. The fourth-order valence-electron chi connectivity index (χ4n) is 2.79. The van der Waals surface area contributed by atoms with Crippen LogP contribution in [0.15, 0.2) is 36.4 Å². The zero-order chi connectivity index (χ0) is 19.8. The van der Waals surface area contributed by atoms with Gasteiger partial charge in [0.1, 0.15) is 5.75 Å². The lowest BCUT2D eigenvalue weighted by molar-refractivity contribution is -0.117. The Morgan fingerprint density at radius 2 is 1.70 bits per heavy atom. The molecule has 2 aromatic rings. The largest absolute Gasteiger partial charge is 0.494 e. The molecular formula is C21H28N2O4. The van der Waals surface area contributed by atoms with E-state index in [0.29, 0.717) is 24.7 Å². The van der Waals surface area contributed by atoms with Gasteiger partial charge in [0, 0.05) is 12.2 Å². The molecule has 6 nitrogen and oxygen atoms in total. The van der Waals surface area contributed by atoms with E-state index in [9.17, 15) is 4.79 Å². The summed E-state index contributed by atoms with van der Waals surface area (Å²) in [6.07, 6.45) is 0. The van der Waals surface area contributed by atoms with Crippen molar-refractivity contribution < 1.29 is 19.0 Å². The van der Waals surface area contributed by atoms with Gasteiger partial charge < -0.3 is 19.5 Å². The van der Waals surface area contributed by atoms with E-state index in [1.165, 1.54) is 0 Å². The van der Waals surface area contributed by atoms with Crippen molar-refractivity contribution in [2.24, 2.45) is 0 Å². The zero-order valence-electron chi connectivity index (χ0n) is 16.7. The SMILES string of the molecule is CCOc1ccc(NC(=O)CN(C)Cc2cc(OC)c(OC)cc2C)cc1. The number of carbonyl (C=O) groups excluding carboxylic acids is 1. The van der Waals surface area contributed by atoms with Crippen molar-refractivity contribution in [1.29, 1.82) is 0 Å². The first-order valence-electron chi connectivity index (χ1n) is 8.89. The highest BCUT2D eigenvalue weighted by molar-refractivity contribution is 5.92. The molecule has 0 saturated heterocycles. The lowest BCUT2D eigenvalue weighted by atomic mass is 10.1. The van der Waals surface area contributed by atoms with E-state index in [0.717, 1.165) is 22.6 Å². The summed E-state index contributed by atoms with van der Waals surface area (Å²) >= 11 is 0. The molecule has 0 aliphatic heterocycles. The number of rotatable bonds is 9. The van der Waals surface area contributed by atoms with Crippen LogP contribution in [0.3, 0.4) is 0 Å². The third-order valence-corrected chi connectivity index (χ3v) is 4.14. The molecule has 0 radical (unpaired) electrons. The van der Waals surface area contributed by atoms with Gasteiger partial charge in [0.15, 0.2) is 11.5 Å². The van der Waals surface area contributed by atoms with Gasteiger partial charge in [-0.05, 0) is 68.4 Å². The normalized spacial score (nSPS) is 10.6. The number of benzene rings is 2. The predicted octanol–water partition coefficient (Wildman–Crippen LogP) is 3.48. The number of carbonyl (C=O) groups is 1. The summed E-state index contributed by atoms with van der Waals surface area (Å²) in [5, 5.41) is 2.90. The first-order chi connectivity index (χ1) is 13.0. The molecule has 0 fully saturated rings. The molecule has 1 amide bonds. The number of nitrogens with zero attached hydrogens (tertiary/aromatic N) is 1. The van der Waals surface area contributed by atoms with Crippen LogP contribution >= 0.6 is 0 Å². The van der Waals surface area contributed by atoms with E-state index in [4.69, 9.17) is 14.2 Å². The maximum absolute atomic E-state index is 12.3. The average molecular weight is 372 g/mol. The molecule has 0 aliphatic rings. The van der Waals surface area contributed by atoms with Crippen LogP contribution in [-0.2, 0) is 11.3 Å². The molecule has 2 rings (SSSR count). The van der Waals surface area contributed by atoms with Gasteiger partial charge in [-0.15, -0.1) is 0 Å². The summed E-state index contributed by atoms with van der Waals surface area (Å²) in [6, 6.07) is 11.3. The minimum atomic E-state index is -0.0696. The minimum absolute atomic E-state index is 0.0696. The molecule has 1 N–H and O–H groups in total.